The van der Waals surface area contributed by atoms with Gasteiger partial charge in [0.1, 0.15) is 11.4 Å². The molecule has 7 heteroatoms. The van der Waals surface area contributed by atoms with Crippen molar-refractivity contribution in [3.05, 3.63) is 53.7 Å². The molecule has 0 saturated carbocycles. The van der Waals surface area contributed by atoms with Crippen LogP contribution >= 0.6 is 0 Å². The zero-order valence-corrected chi connectivity index (χ0v) is 16.3. The first-order chi connectivity index (χ1) is 14.0. The standard InChI is InChI=1S/C22H24N4O3/c1-29-16-7-5-14-11-19(24-17(14)13-16)22(28)25-18-12-15(21(23)27)6-8-20(18)26-9-3-2-4-10-26/h5-8,11-13,24H,2-4,9-10H2,1H3,(H2,23,27)(H,25,28). The van der Waals surface area contributed by atoms with E-state index in [0.717, 1.165) is 42.5 Å². The van der Waals surface area contributed by atoms with Crippen LogP contribution in [0.25, 0.3) is 10.9 Å². The van der Waals surface area contributed by atoms with Crippen LogP contribution in [0.15, 0.2) is 42.5 Å². The molecule has 1 fully saturated rings. The van der Waals surface area contributed by atoms with Gasteiger partial charge in [0.15, 0.2) is 0 Å². The summed E-state index contributed by atoms with van der Waals surface area (Å²) in [7, 11) is 1.60. The van der Waals surface area contributed by atoms with Crippen molar-refractivity contribution >= 4 is 34.1 Å². The van der Waals surface area contributed by atoms with Gasteiger partial charge >= 0.3 is 0 Å². The number of aromatic nitrogens is 1. The van der Waals surface area contributed by atoms with Gasteiger partial charge in [-0.1, -0.05) is 0 Å². The Hall–Kier alpha value is -3.48. The van der Waals surface area contributed by atoms with Crippen molar-refractivity contribution in [1.82, 2.24) is 4.98 Å². The Kier molecular flexibility index (Phi) is 5.12. The number of hydrogen-bond donors (Lipinski definition) is 3. The molecule has 7 nitrogen and oxygen atoms in total. The second-order valence-corrected chi connectivity index (χ2v) is 7.23. The SMILES string of the molecule is COc1ccc2cc(C(=O)Nc3cc(C(N)=O)ccc3N3CCCCC3)[nH]c2c1. The number of nitrogens with one attached hydrogen (secondary N) is 2. The Labute approximate surface area is 168 Å². The van der Waals surface area contributed by atoms with Crippen molar-refractivity contribution in [3.8, 4) is 5.75 Å². The first-order valence-corrected chi connectivity index (χ1v) is 9.72. The molecule has 0 atom stereocenters. The van der Waals surface area contributed by atoms with Crippen molar-refractivity contribution in [3.63, 3.8) is 0 Å². The number of benzene rings is 2. The van der Waals surface area contributed by atoms with Gasteiger partial charge in [0.25, 0.3) is 5.91 Å². The topological polar surface area (TPSA) is 100 Å². The third-order valence-electron chi connectivity index (χ3n) is 5.30. The Morgan fingerprint density at radius 1 is 1.07 bits per heavy atom. The monoisotopic (exact) mass is 392 g/mol. The molecule has 3 aromatic rings. The minimum Gasteiger partial charge on any atom is -0.497 e. The highest BCUT2D eigenvalue weighted by atomic mass is 16.5. The zero-order chi connectivity index (χ0) is 20.4. The summed E-state index contributed by atoms with van der Waals surface area (Å²) < 4.78 is 5.24. The van der Waals surface area contributed by atoms with E-state index in [0.29, 0.717) is 22.7 Å². The summed E-state index contributed by atoms with van der Waals surface area (Å²) in [5.74, 6) is -0.0868. The van der Waals surface area contributed by atoms with Crippen molar-refractivity contribution in [1.29, 1.82) is 0 Å². The number of carbonyl (C=O) groups is 2. The lowest BCUT2D eigenvalue weighted by Crippen LogP contribution is -2.30. The van der Waals surface area contributed by atoms with Crippen LogP contribution in [0.1, 0.15) is 40.1 Å². The van der Waals surface area contributed by atoms with Gasteiger partial charge in [-0.15, -0.1) is 0 Å². The van der Waals surface area contributed by atoms with Crippen molar-refractivity contribution in [2.24, 2.45) is 5.73 Å². The Balaban J connectivity index is 1.65. The number of anilines is 2. The molecule has 2 aromatic carbocycles. The predicted octanol–water partition coefficient (Wildman–Crippen LogP) is 3.52. The largest absolute Gasteiger partial charge is 0.497 e. The van der Waals surface area contributed by atoms with E-state index in [4.69, 9.17) is 10.5 Å². The summed E-state index contributed by atoms with van der Waals surface area (Å²) in [6.45, 7) is 1.84. The molecule has 150 valence electrons. The lowest BCUT2D eigenvalue weighted by Gasteiger charge is -2.30. The average molecular weight is 392 g/mol. The molecule has 1 aliphatic heterocycles. The molecule has 4 rings (SSSR count). The van der Waals surface area contributed by atoms with Crippen LogP contribution in [0, 0.1) is 0 Å². The average Bonchev–Trinajstić information content (AvgIpc) is 3.17. The first-order valence-electron chi connectivity index (χ1n) is 9.72. The third kappa shape index (κ3) is 3.89. The molecule has 1 aliphatic rings. The molecular weight excluding hydrogens is 368 g/mol. The number of nitrogens with two attached hydrogens (primary N) is 1. The van der Waals surface area contributed by atoms with Gasteiger partial charge in [-0.2, -0.15) is 0 Å². The highest BCUT2D eigenvalue weighted by Gasteiger charge is 2.19. The van der Waals surface area contributed by atoms with E-state index in [-0.39, 0.29) is 5.91 Å². The maximum Gasteiger partial charge on any atom is 0.272 e. The third-order valence-corrected chi connectivity index (χ3v) is 5.30. The molecule has 1 aromatic heterocycles. The fraction of sp³-hybridized carbons (Fsp3) is 0.273. The van der Waals surface area contributed by atoms with Gasteiger partial charge in [0.2, 0.25) is 5.91 Å². The number of primary amides is 1. The summed E-state index contributed by atoms with van der Waals surface area (Å²) in [5, 5.41) is 3.87. The van der Waals surface area contributed by atoms with E-state index in [1.165, 1.54) is 6.42 Å². The molecule has 2 heterocycles. The maximum atomic E-state index is 12.9. The van der Waals surface area contributed by atoms with Crippen LogP contribution in [0.3, 0.4) is 0 Å². The van der Waals surface area contributed by atoms with Crippen LogP contribution in [0.2, 0.25) is 0 Å². The number of carbonyl (C=O) groups excluding carboxylic acids is 2. The summed E-state index contributed by atoms with van der Waals surface area (Å²) in [4.78, 5) is 30.0. The molecule has 0 aliphatic carbocycles. The maximum absolute atomic E-state index is 12.9. The van der Waals surface area contributed by atoms with Gasteiger partial charge in [-0.3, -0.25) is 9.59 Å². The fourth-order valence-corrected chi connectivity index (χ4v) is 3.75. The molecule has 1 saturated heterocycles. The van der Waals surface area contributed by atoms with Crippen LogP contribution < -0.4 is 20.7 Å². The number of H-pyrrole nitrogens is 1. The number of rotatable bonds is 5. The highest BCUT2D eigenvalue weighted by Crippen LogP contribution is 2.30. The van der Waals surface area contributed by atoms with Gasteiger partial charge in [0, 0.05) is 35.6 Å². The Bertz CT molecular complexity index is 1070. The van der Waals surface area contributed by atoms with E-state index < -0.39 is 5.91 Å². The molecule has 4 N–H and O–H groups in total. The number of aromatic amines is 1. The molecule has 0 radical (unpaired) electrons. The van der Waals surface area contributed by atoms with E-state index in [1.807, 2.05) is 24.3 Å². The zero-order valence-electron chi connectivity index (χ0n) is 16.3. The lowest BCUT2D eigenvalue weighted by atomic mass is 10.1. The number of amides is 2. The van der Waals surface area contributed by atoms with Gasteiger partial charge in [-0.25, -0.2) is 0 Å². The molecule has 2 amide bonds. The summed E-state index contributed by atoms with van der Waals surface area (Å²) in [6.07, 6.45) is 3.42. The number of fused-ring (bicyclic) bond motifs is 1. The normalized spacial score (nSPS) is 14.0. The highest BCUT2D eigenvalue weighted by molar-refractivity contribution is 6.08. The molecule has 0 unspecified atom stereocenters. The number of ether oxygens (including phenoxy) is 1. The van der Waals surface area contributed by atoms with Crippen LogP contribution in [-0.4, -0.2) is 37.0 Å². The summed E-state index contributed by atoms with van der Waals surface area (Å²) in [6, 6.07) is 12.6. The Morgan fingerprint density at radius 3 is 2.59 bits per heavy atom. The van der Waals surface area contributed by atoms with Crippen LogP contribution in [0.4, 0.5) is 11.4 Å². The minimum atomic E-state index is -0.525. The van der Waals surface area contributed by atoms with Crippen molar-refractivity contribution in [2.75, 3.05) is 30.4 Å². The van der Waals surface area contributed by atoms with Gasteiger partial charge in [-0.05, 0) is 55.7 Å². The minimum absolute atomic E-state index is 0.278. The molecule has 29 heavy (non-hydrogen) atoms. The van der Waals surface area contributed by atoms with Crippen molar-refractivity contribution < 1.29 is 14.3 Å². The number of nitrogens with zero attached hydrogens (tertiary/aromatic N) is 1. The van der Waals surface area contributed by atoms with Crippen molar-refractivity contribution in [2.45, 2.75) is 19.3 Å². The molecular formula is C22H24N4O3. The molecule has 0 spiro atoms. The van der Waals surface area contributed by atoms with Crippen LogP contribution in [-0.2, 0) is 0 Å². The number of hydrogen-bond acceptors (Lipinski definition) is 4. The smallest absolute Gasteiger partial charge is 0.272 e. The quantitative estimate of drug-likeness (QED) is 0.618. The number of piperidine rings is 1. The van der Waals surface area contributed by atoms with E-state index in [1.54, 1.807) is 25.3 Å². The molecule has 0 bridgehead atoms. The Morgan fingerprint density at radius 2 is 1.86 bits per heavy atom. The number of methoxy groups -OCH3 is 1. The van der Waals surface area contributed by atoms with E-state index in [9.17, 15) is 9.59 Å². The van der Waals surface area contributed by atoms with Gasteiger partial charge in [0.05, 0.1) is 18.5 Å². The second-order valence-electron chi connectivity index (χ2n) is 7.23. The fourth-order valence-electron chi connectivity index (χ4n) is 3.75. The van der Waals surface area contributed by atoms with E-state index in [2.05, 4.69) is 15.2 Å². The second kappa shape index (κ2) is 7.87. The summed E-state index contributed by atoms with van der Waals surface area (Å²) in [5.41, 5.74) is 8.55. The summed E-state index contributed by atoms with van der Waals surface area (Å²) >= 11 is 0. The predicted molar refractivity (Wildman–Crippen MR) is 114 cm³/mol. The van der Waals surface area contributed by atoms with Crippen LogP contribution in [0.5, 0.6) is 5.75 Å². The van der Waals surface area contributed by atoms with Gasteiger partial charge < -0.3 is 25.7 Å². The van der Waals surface area contributed by atoms with E-state index >= 15 is 0 Å². The first kappa shape index (κ1) is 18.9. The lowest BCUT2D eigenvalue weighted by molar-refractivity contribution is 0.0995.